The molecule has 0 aromatic carbocycles. The van der Waals surface area contributed by atoms with Gasteiger partial charge in [-0.3, -0.25) is 4.79 Å². The molecule has 110 valence electrons. The van der Waals surface area contributed by atoms with E-state index < -0.39 is 11.9 Å². The molecular formula is C14H11F3N2O2. The number of hydrogen-bond acceptors (Lipinski definition) is 3. The van der Waals surface area contributed by atoms with Crippen molar-refractivity contribution in [2.45, 2.75) is 18.5 Å². The smallest absolute Gasteiger partial charge is 0.433 e. The van der Waals surface area contributed by atoms with E-state index in [4.69, 9.17) is 4.42 Å². The van der Waals surface area contributed by atoms with Gasteiger partial charge in [-0.05, 0) is 30.7 Å². The highest BCUT2D eigenvalue weighted by Crippen LogP contribution is 2.48. The lowest BCUT2D eigenvalue weighted by atomic mass is 10.2. The van der Waals surface area contributed by atoms with Gasteiger partial charge in [0.05, 0.1) is 6.26 Å². The van der Waals surface area contributed by atoms with E-state index in [2.05, 4.69) is 10.3 Å². The number of furan rings is 1. The summed E-state index contributed by atoms with van der Waals surface area (Å²) in [6, 6.07) is 6.91. The lowest BCUT2D eigenvalue weighted by molar-refractivity contribution is -0.141. The molecule has 0 spiro atoms. The van der Waals surface area contributed by atoms with Crippen molar-refractivity contribution in [3.63, 3.8) is 0 Å². The first kappa shape index (κ1) is 13.7. The maximum atomic E-state index is 12.5. The van der Waals surface area contributed by atoms with Crippen molar-refractivity contribution in [2.24, 2.45) is 5.92 Å². The Labute approximate surface area is 118 Å². The van der Waals surface area contributed by atoms with Crippen molar-refractivity contribution in [1.29, 1.82) is 0 Å². The van der Waals surface area contributed by atoms with Crippen LogP contribution in [-0.2, 0) is 11.0 Å². The van der Waals surface area contributed by atoms with Crippen molar-refractivity contribution in [3.05, 3.63) is 48.0 Å². The van der Waals surface area contributed by atoms with Crippen molar-refractivity contribution in [2.75, 3.05) is 5.32 Å². The third-order valence-corrected chi connectivity index (χ3v) is 3.33. The van der Waals surface area contributed by atoms with E-state index in [0.29, 0.717) is 12.2 Å². The third-order valence-electron chi connectivity index (χ3n) is 3.33. The van der Waals surface area contributed by atoms with Crippen LogP contribution in [0.1, 0.15) is 23.8 Å². The molecule has 2 heterocycles. The Morgan fingerprint density at radius 1 is 1.29 bits per heavy atom. The predicted octanol–water partition coefficient (Wildman–Crippen LogP) is 3.44. The summed E-state index contributed by atoms with van der Waals surface area (Å²) >= 11 is 0. The summed E-state index contributed by atoms with van der Waals surface area (Å²) in [6.07, 6.45) is -2.38. The van der Waals surface area contributed by atoms with Gasteiger partial charge in [0.1, 0.15) is 17.3 Å². The third kappa shape index (κ3) is 2.91. The van der Waals surface area contributed by atoms with E-state index in [1.807, 2.05) is 0 Å². The topological polar surface area (TPSA) is 55.1 Å². The molecule has 21 heavy (non-hydrogen) atoms. The number of aromatic nitrogens is 1. The molecular weight excluding hydrogens is 285 g/mol. The number of nitrogens with one attached hydrogen (secondary N) is 1. The average Bonchev–Trinajstić information content (AvgIpc) is 3.05. The van der Waals surface area contributed by atoms with Crippen LogP contribution < -0.4 is 5.32 Å². The van der Waals surface area contributed by atoms with Crippen LogP contribution in [-0.4, -0.2) is 10.9 Å². The van der Waals surface area contributed by atoms with Gasteiger partial charge in [0, 0.05) is 11.8 Å². The number of rotatable bonds is 3. The van der Waals surface area contributed by atoms with Crippen LogP contribution in [0.4, 0.5) is 19.0 Å². The summed E-state index contributed by atoms with van der Waals surface area (Å²) in [6.45, 7) is 0. The van der Waals surface area contributed by atoms with Gasteiger partial charge in [0.25, 0.3) is 0 Å². The van der Waals surface area contributed by atoms with Crippen LogP contribution >= 0.6 is 0 Å². The molecule has 1 aliphatic carbocycles. The summed E-state index contributed by atoms with van der Waals surface area (Å²) in [7, 11) is 0. The fourth-order valence-corrected chi connectivity index (χ4v) is 2.18. The van der Waals surface area contributed by atoms with Gasteiger partial charge < -0.3 is 9.73 Å². The Morgan fingerprint density at radius 2 is 2.10 bits per heavy atom. The van der Waals surface area contributed by atoms with Crippen LogP contribution in [0.15, 0.2) is 41.0 Å². The predicted molar refractivity (Wildman–Crippen MR) is 67.4 cm³/mol. The van der Waals surface area contributed by atoms with Crippen LogP contribution in [0.3, 0.4) is 0 Å². The minimum atomic E-state index is -4.53. The monoisotopic (exact) mass is 296 g/mol. The van der Waals surface area contributed by atoms with Crippen molar-refractivity contribution in [3.8, 4) is 0 Å². The van der Waals surface area contributed by atoms with Gasteiger partial charge in [-0.2, -0.15) is 13.2 Å². The number of halogens is 3. The molecule has 3 rings (SSSR count). The highest BCUT2D eigenvalue weighted by Gasteiger charge is 2.46. The van der Waals surface area contributed by atoms with Gasteiger partial charge >= 0.3 is 6.18 Å². The summed E-state index contributed by atoms with van der Waals surface area (Å²) in [5.41, 5.74) is -1.03. The second-order valence-corrected chi connectivity index (χ2v) is 4.86. The molecule has 0 unspecified atom stereocenters. The minimum Gasteiger partial charge on any atom is -0.469 e. The van der Waals surface area contributed by atoms with Gasteiger partial charge in [-0.1, -0.05) is 6.07 Å². The molecule has 1 fully saturated rings. The molecule has 4 nitrogen and oxygen atoms in total. The van der Waals surface area contributed by atoms with E-state index in [-0.39, 0.29) is 23.6 Å². The van der Waals surface area contributed by atoms with E-state index >= 15 is 0 Å². The zero-order chi connectivity index (χ0) is 15.0. The van der Waals surface area contributed by atoms with Crippen molar-refractivity contribution in [1.82, 2.24) is 4.98 Å². The first-order chi connectivity index (χ1) is 9.95. The second kappa shape index (κ2) is 4.91. The van der Waals surface area contributed by atoms with Gasteiger partial charge in [-0.15, -0.1) is 0 Å². The van der Waals surface area contributed by atoms with E-state index in [1.165, 1.54) is 18.4 Å². The SMILES string of the molecule is O=C(Nc1cccc(C(F)(F)F)n1)[C@H]1C[C@H]1c1ccco1. The molecule has 1 saturated carbocycles. The summed E-state index contributed by atoms with van der Waals surface area (Å²) in [4.78, 5) is 15.4. The molecule has 7 heteroatoms. The first-order valence-electron chi connectivity index (χ1n) is 6.33. The van der Waals surface area contributed by atoms with Crippen LogP contribution in [0.2, 0.25) is 0 Å². The van der Waals surface area contributed by atoms with Gasteiger partial charge in [0.15, 0.2) is 0 Å². The Hall–Kier alpha value is -2.31. The number of carbonyl (C=O) groups is 1. The zero-order valence-electron chi connectivity index (χ0n) is 10.7. The highest BCUT2D eigenvalue weighted by molar-refractivity contribution is 5.94. The number of hydrogen-bond donors (Lipinski definition) is 1. The van der Waals surface area contributed by atoms with E-state index in [1.54, 1.807) is 12.1 Å². The molecule has 1 amide bonds. The highest BCUT2D eigenvalue weighted by atomic mass is 19.4. The molecule has 0 saturated heterocycles. The zero-order valence-corrected chi connectivity index (χ0v) is 10.7. The van der Waals surface area contributed by atoms with E-state index in [9.17, 15) is 18.0 Å². The van der Waals surface area contributed by atoms with Gasteiger partial charge in [-0.25, -0.2) is 4.98 Å². The second-order valence-electron chi connectivity index (χ2n) is 4.86. The fourth-order valence-electron chi connectivity index (χ4n) is 2.18. The summed E-state index contributed by atoms with van der Waals surface area (Å²) in [5, 5.41) is 2.42. The minimum absolute atomic E-state index is 0.00852. The standard InChI is InChI=1S/C14H11F3N2O2/c15-14(16,17)11-4-1-5-12(18-11)19-13(20)9-7-8(9)10-3-2-6-21-10/h1-6,8-9H,7H2,(H,18,19,20)/t8-,9+/m1/s1. The van der Waals surface area contributed by atoms with Crippen LogP contribution in [0.5, 0.6) is 0 Å². The lowest BCUT2D eigenvalue weighted by Gasteiger charge is -2.08. The molecule has 1 N–H and O–H groups in total. The Kier molecular flexibility index (Phi) is 3.19. The van der Waals surface area contributed by atoms with E-state index in [0.717, 1.165) is 6.07 Å². The number of pyridine rings is 1. The first-order valence-corrected chi connectivity index (χ1v) is 6.33. The van der Waals surface area contributed by atoms with Crippen LogP contribution in [0.25, 0.3) is 0 Å². The molecule has 2 atom stereocenters. The summed E-state index contributed by atoms with van der Waals surface area (Å²) < 4.78 is 42.8. The maximum absolute atomic E-state index is 12.5. The molecule has 1 aliphatic rings. The Balaban J connectivity index is 1.66. The largest absolute Gasteiger partial charge is 0.469 e. The normalized spacial score (nSPS) is 21.1. The average molecular weight is 296 g/mol. The molecule has 0 radical (unpaired) electrons. The molecule has 2 aromatic heterocycles. The van der Waals surface area contributed by atoms with Crippen LogP contribution in [0, 0.1) is 5.92 Å². The van der Waals surface area contributed by atoms with Crippen molar-refractivity contribution >= 4 is 11.7 Å². The quantitative estimate of drug-likeness (QED) is 0.944. The number of nitrogens with zero attached hydrogens (tertiary/aromatic N) is 1. The molecule has 2 aromatic rings. The Morgan fingerprint density at radius 3 is 2.76 bits per heavy atom. The van der Waals surface area contributed by atoms with Crippen molar-refractivity contribution < 1.29 is 22.4 Å². The summed E-state index contributed by atoms with van der Waals surface area (Å²) in [5.74, 6) is -0.0198. The lowest BCUT2D eigenvalue weighted by Crippen LogP contribution is -2.17. The maximum Gasteiger partial charge on any atom is 0.433 e. The number of amides is 1. The Bertz CT molecular complexity index is 652. The van der Waals surface area contributed by atoms with Gasteiger partial charge in [0.2, 0.25) is 5.91 Å². The molecule has 0 bridgehead atoms. The number of anilines is 1. The number of carbonyl (C=O) groups excluding carboxylic acids is 1. The molecule has 0 aliphatic heterocycles. The number of alkyl halides is 3. The fraction of sp³-hybridized carbons (Fsp3) is 0.286.